The minimum atomic E-state index is -0.388. The van der Waals surface area contributed by atoms with Crippen LogP contribution in [0.4, 0.5) is 0 Å². The Kier molecular flexibility index (Phi) is 6.30. The van der Waals surface area contributed by atoms with Crippen LogP contribution in [0.15, 0.2) is 24.5 Å². The number of carbonyl (C=O) groups excluding carboxylic acids is 2. The van der Waals surface area contributed by atoms with Crippen LogP contribution in [0, 0.1) is 0 Å². The Morgan fingerprint density at radius 2 is 2.39 bits per heavy atom. The molecule has 2 N–H and O–H groups in total. The molecule has 2 heterocycles. The van der Waals surface area contributed by atoms with Gasteiger partial charge in [-0.25, -0.2) is 0 Å². The van der Waals surface area contributed by atoms with E-state index in [1.54, 1.807) is 41.4 Å². The summed E-state index contributed by atoms with van der Waals surface area (Å²) in [7, 11) is 1.79. The zero-order chi connectivity index (χ0) is 16.7. The number of carbonyl (C=O) groups is 2. The fourth-order valence-electron chi connectivity index (χ4n) is 2.40. The van der Waals surface area contributed by atoms with Crippen LogP contribution in [0.5, 0.6) is 5.75 Å². The number of likely N-dealkylation sites (N-methyl/N-ethyl adjacent to an activating group) is 1. The van der Waals surface area contributed by atoms with Gasteiger partial charge in [-0.05, 0) is 19.2 Å². The molecule has 1 saturated heterocycles. The van der Waals surface area contributed by atoms with E-state index >= 15 is 0 Å². The van der Waals surface area contributed by atoms with E-state index in [0.717, 1.165) is 0 Å². The predicted octanol–water partition coefficient (Wildman–Crippen LogP) is -0.895. The van der Waals surface area contributed by atoms with Crippen molar-refractivity contribution in [3.63, 3.8) is 0 Å². The third kappa shape index (κ3) is 5.84. The van der Waals surface area contributed by atoms with E-state index < -0.39 is 0 Å². The molecule has 8 nitrogen and oxygen atoms in total. The molecule has 23 heavy (non-hydrogen) atoms. The number of hydrogen-bond acceptors (Lipinski definition) is 6. The lowest BCUT2D eigenvalue weighted by molar-refractivity contribution is -0.141. The first-order valence-corrected chi connectivity index (χ1v) is 7.43. The van der Waals surface area contributed by atoms with Crippen molar-refractivity contribution in [1.82, 2.24) is 14.8 Å². The van der Waals surface area contributed by atoms with Crippen molar-refractivity contribution in [1.29, 1.82) is 0 Å². The number of nitrogens with zero attached hydrogens (tertiary/aromatic N) is 3. The summed E-state index contributed by atoms with van der Waals surface area (Å²) in [5.74, 6) is 0.0765. The van der Waals surface area contributed by atoms with Crippen molar-refractivity contribution in [3.8, 4) is 5.75 Å². The molecule has 0 aliphatic carbocycles. The smallest absolute Gasteiger partial charge is 0.260 e. The van der Waals surface area contributed by atoms with Gasteiger partial charge in [-0.3, -0.25) is 19.5 Å². The summed E-state index contributed by atoms with van der Waals surface area (Å²) in [5, 5.41) is 0. The Morgan fingerprint density at radius 3 is 3.09 bits per heavy atom. The van der Waals surface area contributed by atoms with Gasteiger partial charge in [0.2, 0.25) is 5.91 Å². The summed E-state index contributed by atoms with van der Waals surface area (Å²) in [4.78, 5) is 30.5. The highest BCUT2D eigenvalue weighted by Gasteiger charge is 2.25. The average Bonchev–Trinajstić information content (AvgIpc) is 2.53. The first-order valence-electron chi connectivity index (χ1n) is 7.43. The van der Waals surface area contributed by atoms with Crippen LogP contribution in [-0.2, 0) is 14.3 Å². The highest BCUT2D eigenvalue weighted by Crippen LogP contribution is 2.09. The molecule has 1 atom stereocenters. The first-order chi connectivity index (χ1) is 11.0. The Labute approximate surface area is 135 Å². The standard InChI is InChI=1S/C15H22N4O4/c1-18(10-14(16)20)8-13-9-19(5-6-22-13)15(21)11-23-12-3-2-4-17-7-12/h2-4,7,13H,5-6,8-11H2,1H3,(H2,16,20). The Balaban J connectivity index is 1.78. The number of amides is 2. The van der Waals surface area contributed by atoms with Crippen molar-refractivity contribution >= 4 is 11.8 Å². The third-order valence-electron chi connectivity index (χ3n) is 3.43. The van der Waals surface area contributed by atoms with Crippen molar-refractivity contribution in [2.45, 2.75) is 6.10 Å². The molecular formula is C15H22N4O4. The van der Waals surface area contributed by atoms with Crippen molar-refractivity contribution in [2.75, 3.05) is 46.4 Å². The van der Waals surface area contributed by atoms with E-state index in [4.69, 9.17) is 15.2 Å². The Morgan fingerprint density at radius 1 is 1.57 bits per heavy atom. The second kappa shape index (κ2) is 8.44. The molecule has 1 aliphatic heterocycles. The highest BCUT2D eigenvalue weighted by atomic mass is 16.5. The maximum absolute atomic E-state index is 12.2. The Hall–Kier alpha value is -2.19. The lowest BCUT2D eigenvalue weighted by Gasteiger charge is -2.34. The summed E-state index contributed by atoms with van der Waals surface area (Å²) in [6.07, 6.45) is 3.06. The zero-order valence-corrected chi connectivity index (χ0v) is 13.2. The van der Waals surface area contributed by atoms with E-state index in [9.17, 15) is 9.59 Å². The van der Waals surface area contributed by atoms with Gasteiger partial charge < -0.3 is 20.1 Å². The molecule has 1 aromatic rings. The van der Waals surface area contributed by atoms with E-state index in [1.165, 1.54) is 0 Å². The number of nitrogens with two attached hydrogens (primary N) is 1. The minimum Gasteiger partial charge on any atom is -0.482 e. The molecule has 126 valence electrons. The van der Waals surface area contributed by atoms with Gasteiger partial charge in [-0.1, -0.05) is 0 Å². The zero-order valence-electron chi connectivity index (χ0n) is 13.2. The van der Waals surface area contributed by atoms with Gasteiger partial charge in [-0.2, -0.15) is 0 Å². The first kappa shape index (κ1) is 17.2. The maximum atomic E-state index is 12.2. The van der Waals surface area contributed by atoms with Crippen LogP contribution in [0.2, 0.25) is 0 Å². The van der Waals surface area contributed by atoms with Gasteiger partial charge in [0.15, 0.2) is 6.61 Å². The number of ether oxygens (including phenoxy) is 2. The number of primary amides is 1. The van der Waals surface area contributed by atoms with Gasteiger partial charge in [0.1, 0.15) is 5.75 Å². The topological polar surface area (TPSA) is 98.0 Å². The normalized spacial score (nSPS) is 18.0. The number of rotatable bonds is 7. The summed E-state index contributed by atoms with van der Waals surface area (Å²) in [5.41, 5.74) is 5.16. The molecular weight excluding hydrogens is 300 g/mol. The van der Waals surface area contributed by atoms with Crippen LogP contribution in [0.25, 0.3) is 0 Å². The Bertz CT molecular complexity index is 525. The molecule has 0 radical (unpaired) electrons. The maximum Gasteiger partial charge on any atom is 0.260 e. The molecule has 0 aromatic carbocycles. The quantitative estimate of drug-likeness (QED) is 0.699. The lowest BCUT2D eigenvalue weighted by atomic mass is 10.2. The fraction of sp³-hybridized carbons (Fsp3) is 0.533. The third-order valence-corrected chi connectivity index (χ3v) is 3.43. The minimum absolute atomic E-state index is 0.0322. The summed E-state index contributed by atoms with van der Waals surface area (Å²) in [6, 6.07) is 3.50. The molecule has 2 amide bonds. The van der Waals surface area contributed by atoms with Gasteiger partial charge in [0.25, 0.3) is 5.91 Å². The molecule has 0 saturated carbocycles. The molecule has 8 heteroatoms. The van der Waals surface area contributed by atoms with Crippen LogP contribution in [0.1, 0.15) is 0 Å². The van der Waals surface area contributed by atoms with Gasteiger partial charge >= 0.3 is 0 Å². The second-order valence-corrected chi connectivity index (χ2v) is 5.47. The molecule has 2 rings (SSSR count). The number of aromatic nitrogens is 1. The van der Waals surface area contributed by atoms with Gasteiger partial charge in [-0.15, -0.1) is 0 Å². The summed E-state index contributed by atoms with van der Waals surface area (Å²) in [6.45, 7) is 2.14. The van der Waals surface area contributed by atoms with Gasteiger partial charge in [0.05, 0.1) is 25.5 Å². The lowest BCUT2D eigenvalue weighted by Crippen LogP contribution is -2.51. The molecule has 1 unspecified atom stereocenters. The van der Waals surface area contributed by atoms with E-state index in [2.05, 4.69) is 4.98 Å². The van der Waals surface area contributed by atoms with Crippen LogP contribution < -0.4 is 10.5 Å². The van der Waals surface area contributed by atoms with Crippen molar-refractivity contribution in [2.24, 2.45) is 5.73 Å². The monoisotopic (exact) mass is 322 g/mol. The average molecular weight is 322 g/mol. The number of hydrogen-bond donors (Lipinski definition) is 1. The van der Waals surface area contributed by atoms with Crippen molar-refractivity contribution in [3.05, 3.63) is 24.5 Å². The number of morpholine rings is 1. The molecule has 1 aromatic heterocycles. The molecule has 0 bridgehead atoms. The van der Waals surface area contributed by atoms with E-state index in [0.29, 0.717) is 32.0 Å². The number of pyridine rings is 1. The molecule has 0 spiro atoms. The predicted molar refractivity (Wildman–Crippen MR) is 82.7 cm³/mol. The summed E-state index contributed by atoms with van der Waals surface area (Å²) >= 11 is 0. The molecule has 1 fully saturated rings. The largest absolute Gasteiger partial charge is 0.482 e. The SMILES string of the molecule is CN(CC(N)=O)CC1CN(C(=O)COc2cccnc2)CCO1. The van der Waals surface area contributed by atoms with Crippen LogP contribution in [-0.4, -0.2) is 79.1 Å². The fourth-order valence-corrected chi connectivity index (χ4v) is 2.40. The van der Waals surface area contributed by atoms with E-state index in [1.807, 2.05) is 0 Å². The second-order valence-electron chi connectivity index (χ2n) is 5.47. The molecule has 1 aliphatic rings. The van der Waals surface area contributed by atoms with Crippen LogP contribution >= 0.6 is 0 Å². The summed E-state index contributed by atoms with van der Waals surface area (Å²) < 4.78 is 11.1. The highest BCUT2D eigenvalue weighted by molar-refractivity contribution is 5.78. The van der Waals surface area contributed by atoms with Crippen LogP contribution in [0.3, 0.4) is 0 Å². The van der Waals surface area contributed by atoms with Gasteiger partial charge in [0, 0.05) is 25.8 Å². The van der Waals surface area contributed by atoms with E-state index in [-0.39, 0.29) is 31.1 Å². The van der Waals surface area contributed by atoms with Crippen molar-refractivity contribution < 1.29 is 19.1 Å².